The molecule has 2 aromatic rings. The molecule has 0 aliphatic rings. The number of hydrogen-bond donors (Lipinski definition) is 1. The van der Waals surface area contributed by atoms with E-state index in [1.54, 1.807) is 19.2 Å². The average Bonchev–Trinajstić information content (AvgIpc) is 2.54. The molecule has 0 heterocycles. The molecule has 1 N–H and O–H groups in total. The Kier molecular flexibility index (Phi) is 5.21. The molecule has 21 heavy (non-hydrogen) atoms. The summed E-state index contributed by atoms with van der Waals surface area (Å²) in [6, 6.07) is 14.8. The number of amides is 1. The van der Waals surface area contributed by atoms with E-state index in [1.165, 1.54) is 0 Å². The zero-order valence-electron chi connectivity index (χ0n) is 12.3. The number of benzene rings is 2. The first-order valence-corrected chi connectivity index (χ1v) is 6.87. The van der Waals surface area contributed by atoms with E-state index in [0.29, 0.717) is 24.5 Å². The van der Waals surface area contributed by atoms with Gasteiger partial charge in [-0.3, -0.25) is 4.79 Å². The molecular weight excluding hydrogens is 266 g/mol. The van der Waals surface area contributed by atoms with Gasteiger partial charge in [-0.2, -0.15) is 0 Å². The van der Waals surface area contributed by atoms with Gasteiger partial charge < -0.3 is 14.8 Å². The molecule has 4 nitrogen and oxygen atoms in total. The predicted molar refractivity (Wildman–Crippen MR) is 81.8 cm³/mol. The number of nitrogens with one attached hydrogen (secondary N) is 1. The lowest BCUT2D eigenvalue weighted by Gasteiger charge is -2.09. The highest BCUT2D eigenvalue weighted by Gasteiger charge is 2.10. The van der Waals surface area contributed by atoms with Gasteiger partial charge in [0.1, 0.15) is 11.5 Å². The Balaban J connectivity index is 1.97. The van der Waals surface area contributed by atoms with Crippen LogP contribution in [0, 0.1) is 0 Å². The normalized spacial score (nSPS) is 10.0. The molecule has 0 fully saturated rings. The number of para-hydroxylation sites is 1. The molecule has 0 saturated heterocycles. The molecule has 110 valence electrons. The van der Waals surface area contributed by atoms with Crippen molar-refractivity contribution in [3.63, 3.8) is 0 Å². The molecule has 1 amide bonds. The van der Waals surface area contributed by atoms with Crippen LogP contribution in [0.25, 0.3) is 0 Å². The Morgan fingerprint density at radius 1 is 1.10 bits per heavy atom. The maximum absolute atomic E-state index is 12.2. The smallest absolute Gasteiger partial charge is 0.255 e. The number of hydrogen-bond acceptors (Lipinski definition) is 3. The number of methoxy groups -OCH3 is 1. The maximum atomic E-state index is 12.2. The van der Waals surface area contributed by atoms with Crippen LogP contribution in [-0.4, -0.2) is 19.6 Å². The third kappa shape index (κ3) is 3.99. The van der Waals surface area contributed by atoms with Crippen molar-refractivity contribution in [3.05, 3.63) is 59.7 Å². The topological polar surface area (TPSA) is 47.6 Å². The molecule has 0 spiro atoms. The molecule has 2 rings (SSSR count). The Hall–Kier alpha value is -2.49. The van der Waals surface area contributed by atoms with Crippen LogP contribution in [0.2, 0.25) is 0 Å². The van der Waals surface area contributed by atoms with E-state index in [-0.39, 0.29) is 5.91 Å². The molecule has 4 heteroatoms. The van der Waals surface area contributed by atoms with Crippen LogP contribution in [0.1, 0.15) is 22.8 Å². The summed E-state index contributed by atoms with van der Waals surface area (Å²) in [6.07, 6.45) is 0. The molecule has 0 unspecified atom stereocenters. The Morgan fingerprint density at radius 2 is 1.81 bits per heavy atom. The Bertz CT molecular complexity index is 593. The van der Waals surface area contributed by atoms with Crippen molar-refractivity contribution in [2.45, 2.75) is 13.5 Å². The summed E-state index contributed by atoms with van der Waals surface area (Å²) in [6.45, 7) is 3.05. The first-order chi connectivity index (χ1) is 10.2. The fraction of sp³-hybridized carbons (Fsp3) is 0.235. The van der Waals surface area contributed by atoms with E-state index in [4.69, 9.17) is 9.47 Å². The Morgan fingerprint density at radius 3 is 2.48 bits per heavy atom. The summed E-state index contributed by atoms with van der Waals surface area (Å²) in [5.41, 5.74) is 1.55. The van der Waals surface area contributed by atoms with Crippen molar-refractivity contribution in [2.24, 2.45) is 0 Å². The molecule has 0 atom stereocenters. The van der Waals surface area contributed by atoms with E-state index in [1.807, 2.05) is 43.3 Å². The maximum Gasteiger partial charge on any atom is 0.255 e. The summed E-state index contributed by atoms with van der Waals surface area (Å²) in [4.78, 5) is 12.2. The zero-order valence-corrected chi connectivity index (χ0v) is 12.3. The summed E-state index contributed by atoms with van der Waals surface area (Å²) in [5, 5.41) is 2.88. The van der Waals surface area contributed by atoms with Crippen LogP contribution in [0.4, 0.5) is 0 Å². The quantitative estimate of drug-likeness (QED) is 0.887. The highest BCUT2D eigenvalue weighted by molar-refractivity contribution is 5.96. The van der Waals surface area contributed by atoms with Gasteiger partial charge in [-0.15, -0.1) is 0 Å². The lowest BCUT2D eigenvalue weighted by Crippen LogP contribution is -2.23. The largest absolute Gasteiger partial charge is 0.496 e. The molecular formula is C17H19NO3. The van der Waals surface area contributed by atoms with Crippen molar-refractivity contribution >= 4 is 5.91 Å². The first kappa shape index (κ1) is 14.9. The van der Waals surface area contributed by atoms with Gasteiger partial charge in [0.15, 0.2) is 0 Å². The second-order valence-corrected chi connectivity index (χ2v) is 4.46. The highest BCUT2D eigenvalue weighted by Crippen LogP contribution is 2.17. The molecule has 0 aliphatic carbocycles. The van der Waals surface area contributed by atoms with Gasteiger partial charge >= 0.3 is 0 Å². The minimum Gasteiger partial charge on any atom is -0.496 e. The average molecular weight is 285 g/mol. The van der Waals surface area contributed by atoms with E-state index < -0.39 is 0 Å². The van der Waals surface area contributed by atoms with Gasteiger partial charge in [-0.1, -0.05) is 24.3 Å². The lowest BCUT2D eigenvalue weighted by molar-refractivity contribution is 0.0948. The second kappa shape index (κ2) is 7.33. The predicted octanol–water partition coefficient (Wildman–Crippen LogP) is 3.02. The van der Waals surface area contributed by atoms with Crippen molar-refractivity contribution < 1.29 is 14.3 Å². The van der Waals surface area contributed by atoms with Crippen LogP contribution < -0.4 is 14.8 Å². The molecule has 0 radical (unpaired) electrons. The molecule has 0 aromatic heterocycles. The van der Waals surface area contributed by atoms with Gasteiger partial charge in [0.05, 0.1) is 19.3 Å². The van der Waals surface area contributed by atoms with Crippen LogP contribution in [0.15, 0.2) is 48.5 Å². The number of carbonyl (C=O) groups is 1. The summed E-state index contributed by atoms with van der Waals surface area (Å²) in [5.74, 6) is 1.25. The summed E-state index contributed by atoms with van der Waals surface area (Å²) >= 11 is 0. The van der Waals surface area contributed by atoms with E-state index >= 15 is 0 Å². The first-order valence-electron chi connectivity index (χ1n) is 6.87. The van der Waals surface area contributed by atoms with E-state index in [9.17, 15) is 4.79 Å². The van der Waals surface area contributed by atoms with E-state index in [0.717, 1.165) is 11.3 Å². The summed E-state index contributed by atoms with van der Waals surface area (Å²) < 4.78 is 10.6. The van der Waals surface area contributed by atoms with Crippen LogP contribution in [-0.2, 0) is 6.54 Å². The van der Waals surface area contributed by atoms with Crippen LogP contribution >= 0.6 is 0 Å². The molecule has 0 aliphatic heterocycles. The Labute approximate surface area is 124 Å². The molecule has 2 aromatic carbocycles. The monoisotopic (exact) mass is 285 g/mol. The number of carbonyl (C=O) groups excluding carboxylic acids is 1. The molecule has 0 saturated carbocycles. The third-order valence-corrected chi connectivity index (χ3v) is 3.04. The lowest BCUT2D eigenvalue weighted by atomic mass is 10.1. The van der Waals surface area contributed by atoms with Crippen molar-refractivity contribution in [3.8, 4) is 11.5 Å². The van der Waals surface area contributed by atoms with Gasteiger partial charge in [0.25, 0.3) is 5.91 Å². The zero-order chi connectivity index (χ0) is 15.1. The molecule has 0 bridgehead atoms. The number of ether oxygens (including phenoxy) is 2. The van der Waals surface area contributed by atoms with Crippen molar-refractivity contribution in [2.75, 3.05) is 13.7 Å². The highest BCUT2D eigenvalue weighted by atomic mass is 16.5. The number of rotatable bonds is 6. The SMILES string of the molecule is CCOc1ccc(CNC(=O)c2ccccc2OC)cc1. The van der Waals surface area contributed by atoms with E-state index in [2.05, 4.69) is 5.32 Å². The standard InChI is InChI=1S/C17H19NO3/c1-3-21-14-10-8-13(9-11-14)12-18-17(19)15-6-4-5-7-16(15)20-2/h4-11H,3,12H2,1-2H3,(H,18,19). The second-order valence-electron chi connectivity index (χ2n) is 4.46. The fourth-order valence-corrected chi connectivity index (χ4v) is 1.98. The van der Waals surface area contributed by atoms with Gasteiger partial charge in [0.2, 0.25) is 0 Å². The van der Waals surface area contributed by atoms with Crippen LogP contribution in [0.3, 0.4) is 0 Å². The van der Waals surface area contributed by atoms with Gasteiger partial charge in [0, 0.05) is 6.54 Å². The van der Waals surface area contributed by atoms with Gasteiger partial charge in [-0.05, 0) is 36.8 Å². The van der Waals surface area contributed by atoms with Crippen molar-refractivity contribution in [1.29, 1.82) is 0 Å². The minimum absolute atomic E-state index is 0.152. The van der Waals surface area contributed by atoms with Crippen LogP contribution in [0.5, 0.6) is 11.5 Å². The minimum atomic E-state index is -0.152. The van der Waals surface area contributed by atoms with Crippen molar-refractivity contribution in [1.82, 2.24) is 5.32 Å². The fourth-order valence-electron chi connectivity index (χ4n) is 1.98. The van der Waals surface area contributed by atoms with Gasteiger partial charge in [-0.25, -0.2) is 0 Å². The summed E-state index contributed by atoms with van der Waals surface area (Å²) in [7, 11) is 1.55. The third-order valence-electron chi connectivity index (χ3n) is 3.04.